The largest absolute Gasteiger partial charge is 0.243 e. The minimum atomic E-state index is -3.67. The lowest BCUT2D eigenvalue weighted by atomic mass is 9.87. The maximum absolute atomic E-state index is 13.4. The van der Waals surface area contributed by atoms with E-state index in [1.807, 2.05) is 0 Å². The number of alkyl halides is 1. The van der Waals surface area contributed by atoms with Crippen LogP contribution in [-0.4, -0.2) is 25.8 Å². The van der Waals surface area contributed by atoms with E-state index in [2.05, 4.69) is 13.8 Å². The van der Waals surface area contributed by atoms with Gasteiger partial charge in [0, 0.05) is 19.0 Å². The molecule has 0 amide bonds. The van der Waals surface area contributed by atoms with Gasteiger partial charge in [0.05, 0.1) is 4.90 Å². The number of sulfonamides is 1. The second-order valence-corrected chi connectivity index (χ2v) is 8.04. The lowest BCUT2D eigenvalue weighted by Crippen LogP contribution is -2.39. The lowest BCUT2D eigenvalue weighted by molar-refractivity contribution is 0.226. The molecule has 0 radical (unpaired) electrons. The summed E-state index contributed by atoms with van der Waals surface area (Å²) >= 11 is 5.79. The number of piperidine rings is 1. The van der Waals surface area contributed by atoms with E-state index in [1.165, 1.54) is 16.4 Å². The van der Waals surface area contributed by atoms with Gasteiger partial charge in [0.1, 0.15) is 5.82 Å². The van der Waals surface area contributed by atoms with Gasteiger partial charge in [-0.15, -0.1) is 11.6 Å². The number of hydrogen-bond acceptors (Lipinski definition) is 2. The van der Waals surface area contributed by atoms with E-state index in [4.69, 9.17) is 11.6 Å². The van der Waals surface area contributed by atoms with Gasteiger partial charge in [-0.25, -0.2) is 12.8 Å². The van der Waals surface area contributed by atoms with Crippen LogP contribution in [0, 0.1) is 17.7 Å². The van der Waals surface area contributed by atoms with Gasteiger partial charge in [-0.2, -0.15) is 4.31 Å². The summed E-state index contributed by atoms with van der Waals surface area (Å²) in [5.41, 5.74) is 0.448. The van der Waals surface area contributed by atoms with Crippen LogP contribution in [0.2, 0.25) is 0 Å². The fourth-order valence-corrected chi connectivity index (χ4v) is 4.82. The van der Waals surface area contributed by atoms with Crippen LogP contribution in [0.5, 0.6) is 0 Å². The highest BCUT2D eigenvalue weighted by atomic mass is 35.5. The normalized spacial score (nSPS) is 18.3. The molecule has 118 valence electrons. The van der Waals surface area contributed by atoms with Gasteiger partial charge < -0.3 is 0 Å². The van der Waals surface area contributed by atoms with Crippen molar-refractivity contribution in [1.82, 2.24) is 4.31 Å². The quantitative estimate of drug-likeness (QED) is 0.789. The monoisotopic (exact) mass is 333 g/mol. The first-order chi connectivity index (χ1) is 9.86. The third-order valence-electron chi connectivity index (χ3n) is 4.23. The smallest absolute Gasteiger partial charge is 0.207 e. The molecule has 0 spiro atoms. The number of nitrogens with zero attached hydrogens (tertiary/aromatic N) is 1. The van der Waals surface area contributed by atoms with E-state index in [9.17, 15) is 12.8 Å². The summed E-state index contributed by atoms with van der Waals surface area (Å²) < 4.78 is 40.3. The van der Waals surface area contributed by atoms with Crippen molar-refractivity contribution in [1.29, 1.82) is 0 Å². The molecule has 0 aromatic heterocycles. The highest BCUT2D eigenvalue weighted by molar-refractivity contribution is 7.89. The molecule has 0 atom stereocenters. The fourth-order valence-electron chi connectivity index (χ4n) is 2.80. The molecule has 1 saturated heterocycles. The first-order valence-corrected chi connectivity index (χ1v) is 9.18. The van der Waals surface area contributed by atoms with Crippen molar-refractivity contribution in [2.45, 2.75) is 37.5 Å². The Morgan fingerprint density at radius 2 is 1.95 bits per heavy atom. The summed E-state index contributed by atoms with van der Waals surface area (Å²) in [7, 11) is -3.67. The molecular weight excluding hydrogens is 313 g/mol. The van der Waals surface area contributed by atoms with E-state index in [-0.39, 0.29) is 10.8 Å². The Kier molecular flexibility index (Phi) is 5.28. The third kappa shape index (κ3) is 3.58. The molecule has 6 heteroatoms. The average Bonchev–Trinajstić information content (AvgIpc) is 2.47. The summed E-state index contributed by atoms with van der Waals surface area (Å²) in [6, 6.07) is 3.75. The molecule has 1 aromatic rings. The summed E-state index contributed by atoms with van der Waals surface area (Å²) in [5.74, 6) is 0.607. The van der Waals surface area contributed by atoms with Gasteiger partial charge in [0.15, 0.2) is 0 Å². The average molecular weight is 334 g/mol. The van der Waals surface area contributed by atoms with E-state index in [1.54, 1.807) is 0 Å². The topological polar surface area (TPSA) is 37.4 Å². The van der Waals surface area contributed by atoms with Crippen molar-refractivity contribution in [2.24, 2.45) is 11.8 Å². The predicted molar refractivity (Wildman–Crippen MR) is 82.3 cm³/mol. The van der Waals surface area contributed by atoms with Crippen LogP contribution in [0.3, 0.4) is 0 Å². The van der Waals surface area contributed by atoms with Crippen LogP contribution < -0.4 is 0 Å². The van der Waals surface area contributed by atoms with E-state index in [0.29, 0.717) is 30.5 Å². The molecule has 3 nitrogen and oxygen atoms in total. The zero-order valence-corrected chi connectivity index (χ0v) is 13.9. The Balaban J connectivity index is 2.25. The Morgan fingerprint density at radius 1 is 1.33 bits per heavy atom. The predicted octanol–water partition coefficient (Wildman–Crippen LogP) is 3.62. The van der Waals surface area contributed by atoms with Gasteiger partial charge >= 0.3 is 0 Å². The Morgan fingerprint density at radius 3 is 2.48 bits per heavy atom. The number of halogens is 2. The van der Waals surface area contributed by atoms with Crippen molar-refractivity contribution >= 4 is 21.6 Å². The summed E-state index contributed by atoms with van der Waals surface area (Å²) in [6.45, 7) is 5.30. The van der Waals surface area contributed by atoms with Crippen LogP contribution in [0.4, 0.5) is 4.39 Å². The van der Waals surface area contributed by atoms with Crippen LogP contribution >= 0.6 is 11.6 Å². The van der Waals surface area contributed by atoms with Gasteiger partial charge in [-0.1, -0.05) is 19.9 Å². The van der Waals surface area contributed by atoms with Gasteiger partial charge in [0.25, 0.3) is 0 Å². The molecule has 0 N–H and O–H groups in total. The highest BCUT2D eigenvalue weighted by Crippen LogP contribution is 2.29. The molecule has 0 unspecified atom stereocenters. The van der Waals surface area contributed by atoms with Crippen molar-refractivity contribution in [3.05, 3.63) is 29.6 Å². The molecule has 0 aliphatic carbocycles. The maximum atomic E-state index is 13.4. The maximum Gasteiger partial charge on any atom is 0.243 e. The molecule has 1 aromatic carbocycles. The van der Waals surface area contributed by atoms with Crippen LogP contribution in [0.15, 0.2) is 23.1 Å². The summed E-state index contributed by atoms with van der Waals surface area (Å²) in [6.07, 6.45) is 1.70. The third-order valence-corrected chi connectivity index (χ3v) is 6.50. The van der Waals surface area contributed by atoms with E-state index in [0.717, 1.165) is 18.9 Å². The number of hydrogen-bond donors (Lipinski definition) is 0. The minimum absolute atomic E-state index is 0.000460. The second kappa shape index (κ2) is 6.63. The van der Waals surface area contributed by atoms with Gasteiger partial charge in [-0.3, -0.25) is 0 Å². The molecule has 1 heterocycles. The van der Waals surface area contributed by atoms with Crippen molar-refractivity contribution in [3.63, 3.8) is 0 Å². The van der Waals surface area contributed by atoms with Crippen LogP contribution in [0.1, 0.15) is 32.3 Å². The Hall–Kier alpha value is -0.650. The van der Waals surface area contributed by atoms with E-state index < -0.39 is 15.8 Å². The second-order valence-electron chi connectivity index (χ2n) is 5.87. The van der Waals surface area contributed by atoms with Gasteiger partial charge in [0.2, 0.25) is 10.0 Å². The summed E-state index contributed by atoms with van der Waals surface area (Å²) in [5, 5.41) is 0. The molecule has 2 rings (SSSR count). The Bertz CT molecular complexity index is 596. The minimum Gasteiger partial charge on any atom is -0.207 e. The van der Waals surface area contributed by atoms with Crippen LogP contribution in [-0.2, 0) is 15.9 Å². The molecular formula is C15H21ClFNO2S. The van der Waals surface area contributed by atoms with Crippen molar-refractivity contribution < 1.29 is 12.8 Å². The Labute approximate surface area is 131 Å². The highest BCUT2D eigenvalue weighted by Gasteiger charge is 2.31. The van der Waals surface area contributed by atoms with Crippen LogP contribution in [0.25, 0.3) is 0 Å². The molecule has 21 heavy (non-hydrogen) atoms. The fraction of sp³-hybridized carbons (Fsp3) is 0.600. The molecule has 1 aliphatic heterocycles. The molecule has 0 saturated carbocycles. The SMILES string of the molecule is CC(C)C1CCN(S(=O)(=O)c2cc(F)ccc2CCl)CC1. The standard InChI is InChI=1S/C15H21ClFNO2S/c1-11(2)12-5-7-18(8-6-12)21(19,20)15-9-14(17)4-3-13(15)10-16/h3-4,9,11-12H,5-8,10H2,1-2H3. The van der Waals surface area contributed by atoms with Crippen molar-refractivity contribution in [3.8, 4) is 0 Å². The zero-order chi connectivity index (χ0) is 15.6. The molecule has 1 fully saturated rings. The number of benzene rings is 1. The zero-order valence-electron chi connectivity index (χ0n) is 12.4. The van der Waals surface area contributed by atoms with Gasteiger partial charge in [-0.05, 0) is 42.4 Å². The number of rotatable bonds is 4. The molecule has 1 aliphatic rings. The molecule has 0 bridgehead atoms. The first-order valence-electron chi connectivity index (χ1n) is 7.20. The lowest BCUT2D eigenvalue weighted by Gasteiger charge is -2.33. The first kappa shape index (κ1) is 16.7. The van der Waals surface area contributed by atoms with E-state index >= 15 is 0 Å². The summed E-state index contributed by atoms with van der Waals surface area (Å²) in [4.78, 5) is 0.000460. The van der Waals surface area contributed by atoms with Crippen molar-refractivity contribution in [2.75, 3.05) is 13.1 Å².